The van der Waals surface area contributed by atoms with Crippen LogP contribution in [0.25, 0.3) is 0 Å². The molecule has 1 aliphatic rings. The summed E-state index contributed by atoms with van der Waals surface area (Å²) in [7, 11) is 1.42. The number of hydrogen-bond donors (Lipinski definition) is 0. The molecule has 19 heavy (non-hydrogen) atoms. The Hall–Kier alpha value is -1.51. The van der Waals surface area contributed by atoms with Gasteiger partial charge in [-0.1, -0.05) is 20.8 Å². The molecule has 104 valence electrons. The Bertz CT molecular complexity index is 468. The van der Waals surface area contributed by atoms with E-state index < -0.39 is 0 Å². The molecule has 1 aromatic rings. The smallest absolute Gasteiger partial charge is 0.337 e. The SMILES string of the molecule is COC(=O)c1ccc(N2CCCC2)c(C(C)(C)C)c1. The maximum atomic E-state index is 11.7. The zero-order chi connectivity index (χ0) is 14.0. The summed E-state index contributed by atoms with van der Waals surface area (Å²) in [5.41, 5.74) is 3.13. The van der Waals surface area contributed by atoms with Crippen LogP contribution in [0.2, 0.25) is 0 Å². The van der Waals surface area contributed by atoms with Crippen molar-refractivity contribution in [3.05, 3.63) is 29.3 Å². The van der Waals surface area contributed by atoms with E-state index in [9.17, 15) is 4.79 Å². The molecule has 2 rings (SSSR count). The van der Waals surface area contributed by atoms with E-state index in [0.29, 0.717) is 5.56 Å². The third-order valence-corrected chi connectivity index (χ3v) is 3.67. The van der Waals surface area contributed by atoms with E-state index in [1.165, 1.54) is 31.2 Å². The highest BCUT2D eigenvalue weighted by Gasteiger charge is 2.24. The Morgan fingerprint density at radius 1 is 1.21 bits per heavy atom. The Morgan fingerprint density at radius 3 is 2.37 bits per heavy atom. The number of carbonyl (C=O) groups excluding carboxylic acids is 1. The summed E-state index contributed by atoms with van der Waals surface area (Å²) in [5.74, 6) is -0.265. The van der Waals surface area contributed by atoms with Gasteiger partial charge in [0.1, 0.15) is 0 Å². The Balaban J connectivity index is 2.45. The van der Waals surface area contributed by atoms with Crippen LogP contribution in [0.4, 0.5) is 5.69 Å². The summed E-state index contributed by atoms with van der Waals surface area (Å²) >= 11 is 0. The molecule has 0 unspecified atom stereocenters. The van der Waals surface area contributed by atoms with E-state index in [0.717, 1.165) is 13.1 Å². The molecular formula is C16H23NO2. The van der Waals surface area contributed by atoms with E-state index in [2.05, 4.69) is 31.7 Å². The molecule has 0 amide bonds. The number of ether oxygens (including phenoxy) is 1. The maximum Gasteiger partial charge on any atom is 0.337 e. The van der Waals surface area contributed by atoms with Crippen molar-refractivity contribution in [2.24, 2.45) is 0 Å². The fourth-order valence-electron chi connectivity index (χ4n) is 2.62. The van der Waals surface area contributed by atoms with Crippen molar-refractivity contribution in [2.45, 2.75) is 39.0 Å². The van der Waals surface area contributed by atoms with Gasteiger partial charge in [0, 0.05) is 18.8 Å². The first-order valence-electron chi connectivity index (χ1n) is 6.91. The standard InChI is InChI=1S/C16H23NO2/c1-16(2,3)13-11-12(15(18)19-4)7-8-14(13)17-9-5-6-10-17/h7-8,11H,5-6,9-10H2,1-4H3. The molecule has 0 aromatic heterocycles. The number of methoxy groups -OCH3 is 1. The van der Waals surface area contributed by atoms with Gasteiger partial charge < -0.3 is 9.64 Å². The van der Waals surface area contributed by atoms with Gasteiger partial charge in [0.05, 0.1) is 12.7 Å². The summed E-state index contributed by atoms with van der Waals surface area (Å²) < 4.78 is 4.82. The summed E-state index contributed by atoms with van der Waals surface area (Å²) in [6.45, 7) is 8.77. The highest BCUT2D eigenvalue weighted by atomic mass is 16.5. The lowest BCUT2D eigenvalue weighted by Gasteiger charge is -2.29. The molecule has 3 heteroatoms. The number of esters is 1. The summed E-state index contributed by atoms with van der Waals surface area (Å²) in [5, 5.41) is 0. The lowest BCUT2D eigenvalue weighted by atomic mass is 9.84. The number of rotatable bonds is 2. The molecular weight excluding hydrogens is 238 g/mol. The van der Waals surface area contributed by atoms with E-state index in [4.69, 9.17) is 4.74 Å². The topological polar surface area (TPSA) is 29.5 Å². The van der Waals surface area contributed by atoms with Crippen LogP contribution in [0, 0.1) is 0 Å². The molecule has 1 saturated heterocycles. The molecule has 1 aromatic carbocycles. The van der Waals surface area contributed by atoms with Crippen LogP contribution in [-0.2, 0) is 10.2 Å². The monoisotopic (exact) mass is 261 g/mol. The van der Waals surface area contributed by atoms with Gasteiger partial charge in [-0.2, -0.15) is 0 Å². The molecule has 1 fully saturated rings. The molecule has 0 saturated carbocycles. The van der Waals surface area contributed by atoms with Gasteiger partial charge in [-0.3, -0.25) is 0 Å². The maximum absolute atomic E-state index is 11.7. The lowest BCUT2D eigenvalue weighted by molar-refractivity contribution is 0.0600. The fourth-order valence-corrected chi connectivity index (χ4v) is 2.62. The third kappa shape index (κ3) is 2.91. The number of nitrogens with zero attached hydrogens (tertiary/aromatic N) is 1. The van der Waals surface area contributed by atoms with E-state index in [1.807, 2.05) is 12.1 Å². The summed E-state index contributed by atoms with van der Waals surface area (Å²) in [6.07, 6.45) is 2.50. The highest BCUT2D eigenvalue weighted by molar-refractivity contribution is 5.90. The molecule has 0 spiro atoms. The lowest BCUT2D eigenvalue weighted by Crippen LogP contribution is -2.24. The van der Waals surface area contributed by atoms with Gasteiger partial charge in [-0.05, 0) is 42.0 Å². The van der Waals surface area contributed by atoms with Crippen molar-refractivity contribution < 1.29 is 9.53 Å². The minimum atomic E-state index is -0.265. The second kappa shape index (κ2) is 5.24. The van der Waals surface area contributed by atoms with Gasteiger partial charge in [-0.25, -0.2) is 4.79 Å². The van der Waals surface area contributed by atoms with Crippen LogP contribution < -0.4 is 4.90 Å². The first-order valence-corrected chi connectivity index (χ1v) is 6.91. The van der Waals surface area contributed by atoms with Crippen LogP contribution >= 0.6 is 0 Å². The summed E-state index contributed by atoms with van der Waals surface area (Å²) in [4.78, 5) is 14.1. The zero-order valence-electron chi connectivity index (χ0n) is 12.3. The average Bonchev–Trinajstić information content (AvgIpc) is 2.90. The van der Waals surface area contributed by atoms with E-state index >= 15 is 0 Å². The Kier molecular flexibility index (Phi) is 3.83. The van der Waals surface area contributed by atoms with Gasteiger partial charge in [-0.15, -0.1) is 0 Å². The molecule has 0 atom stereocenters. The summed E-state index contributed by atoms with van der Waals surface area (Å²) in [6, 6.07) is 5.92. The minimum Gasteiger partial charge on any atom is -0.465 e. The molecule has 0 N–H and O–H groups in total. The Labute approximate surface area is 115 Å². The fraction of sp³-hybridized carbons (Fsp3) is 0.562. The van der Waals surface area contributed by atoms with Crippen LogP contribution in [0.5, 0.6) is 0 Å². The normalized spacial score (nSPS) is 15.7. The molecule has 3 nitrogen and oxygen atoms in total. The van der Waals surface area contributed by atoms with Crippen LogP contribution in [0.15, 0.2) is 18.2 Å². The van der Waals surface area contributed by atoms with Crippen molar-refractivity contribution in [3.8, 4) is 0 Å². The van der Waals surface area contributed by atoms with Gasteiger partial charge >= 0.3 is 5.97 Å². The Morgan fingerprint density at radius 2 is 1.84 bits per heavy atom. The molecule has 0 bridgehead atoms. The number of anilines is 1. The van der Waals surface area contributed by atoms with Crippen molar-refractivity contribution in [3.63, 3.8) is 0 Å². The largest absolute Gasteiger partial charge is 0.465 e. The van der Waals surface area contributed by atoms with Crippen molar-refractivity contribution in [2.75, 3.05) is 25.1 Å². The third-order valence-electron chi connectivity index (χ3n) is 3.67. The predicted octanol–water partition coefficient (Wildman–Crippen LogP) is 3.37. The highest BCUT2D eigenvalue weighted by Crippen LogP contribution is 2.34. The van der Waals surface area contributed by atoms with Crippen molar-refractivity contribution in [1.29, 1.82) is 0 Å². The van der Waals surface area contributed by atoms with Crippen LogP contribution in [-0.4, -0.2) is 26.2 Å². The number of carbonyl (C=O) groups is 1. The number of benzene rings is 1. The second-order valence-corrected chi connectivity index (χ2v) is 6.17. The molecule has 0 aliphatic carbocycles. The zero-order valence-corrected chi connectivity index (χ0v) is 12.3. The first-order chi connectivity index (χ1) is 8.93. The average molecular weight is 261 g/mol. The van der Waals surface area contributed by atoms with Crippen LogP contribution in [0.3, 0.4) is 0 Å². The van der Waals surface area contributed by atoms with Crippen molar-refractivity contribution in [1.82, 2.24) is 0 Å². The van der Waals surface area contributed by atoms with E-state index in [-0.39, 0.29) is 11.4 Å². The molecule has 1 heterocycles. The number of hydrogen-bond acceptors (Lipinski definition) is 3. The first kappa shape index (κ1) is 13.9. The van der Waals surface area contributed by atoms with Crippen molar-refractivity contribution >= 4 is 11.7 Å². The molecule has 1 aliphatic heterocycles. The quantitative estimate of drug-likeness (QED) is 0.764. The van der Waals surface area contributed by atoms with Gasteiger partial charge in [0.15, 0.2) is 0 Å². The predicted molar refractivity (Wildman–Crippen MR) is 77.9 cm³/mol. The van der Waals surface area contributed by atoms with E-state index in [1.54, 1.807) is 0 Å². The van der Waals surface area contributed by atoms with Gasteiger partial charge in [0.25, 0.3) is 0 Å². The van der Waals surface area contributed by atoms with Gasteiger partial charge in [0.2, 0.25) is 0 Å². The molecule has 0 radical (unpaired) electrons. The second-order valence-electron chi connectivity index (χ2n) is 6.17. The van der Waals surface area contributed by atoms with Crippen LogP contribution in [0.1, 0.15) is 49.5 Å². The minimum absolute atomic E-state index is 0.0158.